The highest BCUT2D eigenvalue weighted by atomic mass is 19.1. The molecular weight excluding hydrogens is 385 g/mol. The van der Waals surface area contributed by atoms with Crippen LogP contribution in [0.25, 0.3) is 11.1 Å². The number of halogens is 1. The third-order valence-electron chi connectivity index (χ3n) is 5.54. The average molecular weight is 418 g/mol. The summed E-state index contributed by atoms with van der Waals surface area (Å²) in [5.74, 6) is 0.857. The Morgan fingerprint density at radius 1 is 0.742 bits per heavy atom. The molecule has 0 atom stereocenters. The smallest absolute Gasteiger partial charge is 0.119 e. The summed E-state index contributed by atoms with van der Waals surface area (Å²) in [6, 6.07) is 28.5. The molecule has 0 saturated carbocycles. The zero-order valence-corrected chi connectivity index (χ0v) is 18.6. The first-order valence-electron chi connectivity index (χ1n) is 11.1. The van der Waals surface area contributed by atoms with Gasteiger partial charge in [0, 0.05) is 13.0 Å². The summed E-state index contributed by atoms with van der Waals surface area (Å²) in [5, 5.41) is 0. The van der Waals surface area contributed by atoms with Crippen molar-refractivity contribution < 1.29 is 9.13 Å². The quantitative estimate of drug-likeness (QED) is 0.321. The van der Waals surface area contributed by atoms with Crippen LogP contribution in [0.1, 0.15) is 37.0 Å². The fraction of sp³-hybridized carbons (Fsp3) is 0.286. The van der Waals surface area contributed by atoms with Crippen molar-refractivity contribution in [3.63, 3.8) is 0 Å². The summed E-state index contributed by atoms with van der Waals surface area (Å²) in [4.78, 5) is 2.34. The van der Waals surface area contributed by atoms with Gasteiger partial charge in [-0.3, -0.25) is 4.39 Å². The van der Waals surface area contributed by atoms with Gasteiger partial charge in [0.1, 0.15) is 12.4 Å². The van der Waals surface area contributed by atoms with E-state index in [0.717, 1.165) is 53.2 Å². The number of benzene rings is 3. The molecule has 0 aliphatic heterocycles. The van der Waals surface area contributed by atoms with Crippen molar-refractivity contribution in [3.8, 4) is 5.75 Å². The second-order valence-electron chi connectivity index (χ2n) is 7.42. The minimum Gasteiger partial charge on any atom is -0.492 e. The lowest BCUT2D eigenvalue weighted by molar-refractivity contribution is 0.223. The van der Waals surface area contributed by atoms with Gasteiger partial charge in [0.15, 0.2) is 0 Å². The van der Waals surface area contributed by atoms with Gasteiger partial charge in [-0.25, -0.2) is 0 Å². The molecule has 0 heterocycles. The largest absolute Gasteiger partial charge is 0.492 e. The molecule has 0 bridgehead atoms. The van der Waals surface area contributed by atoms with E-state index in [4.69, 9.17) is 4.74 Å². The average Bonchev–Trinajstić information content (AvgIpc) is 2.84. The Hall–Kier alpha value is -2.91. The highest BCUT2D eigenvalue weighted by molar-refractivity contribution is 5.98. The van der Waals surface area contributed by atoms with Crippen LogP contribution < -0.4 is 4.74 Å². The monoisotopic (exact) mass is 417 g/mol. The lowest BCUT2D eigenvalue weighted by Gasteiger charge is -2.19. The highest BCUT2D eigenvalue weighted by Crippen LogP contribution is 2.35. The number of hydrogen-bond donors (Lipinski definition) is 0. The van der Waals surface area contributed by atoms with Crippen molar-refractivity contribution in [2.75, 3.05) is 32.9 Å². The minimum absolute atomic E-state index is 0.371. The second-order valence-corrected chi connectivity index (χ2v) is 7.42. The Labute approximate surface area is 186 Å². The molecule has 0 aliphatic carbocycles. The molecule has 3 aromatic carbocycles. The van der Waals surface area contributed by atoms with E-state index in [1.54, 1.807) is 0 Å². The van der Waals surface area contributed by atoms with E-state index in [1.807, 2.05) is 48.5 Å². The predicted octanol–water partition coefficient (Wildman–Crippen LogP) is 6.73. The summed E-state index contributed by atoms with van der Waals surface area (Å²) in [6.07, 6.45) is 0.371. The summed E-state index contributed by atoms with van der Waals surface area (Å²) in [5.41, 5.74) is 5.29. The number of nitrogens with zero attached hydrogens (tertiary/aromatic N) is 1. The lowest BCUT2D eigenvalue weighted by Crippen LogP contribution is -2.27. The van der Waals surface area contributed by atoms with Gasteiger partial charge in [0.25, 0.3) is 0 Å². The van der Waals surface area contributed by atoms with Crippen molar-refractivity contribution in [2.45, 2.75) is 20.3 Å². The van der Waals surface area contributed by atoms with Crippen molar-refractivity contribution in [3.05, 3.63) is 102 Å². The molecule has 0 aliphatic rings. The molecule has 0 aromatic heterocycles. The van der Waals surface area contributed by atoms with Crippen LogP contribution in [0.2, 0.25) is 0 Å². The van der Waals surface area contributed by atoms with Gasteiger partial charge in [-0.15, -0.1) is 0 Å². The van der Waals surface area contributed by atoms with Gasteiger partial charge in [0.2, 0.25) is 0 Å². The van der Waals surface area contributed by atoms with E-state index >= 15 is 0 Å². The number of ether oxygens (including phenoxy) is 1. The van der Waals surface area contributed by atoms with Crippen molar-refractivity contribution in [1.82, 2.24) is 4.90 Å². The van der Waals surface area contributed by atoms with Crippen molar-refractivity contribution in [2.24, 2.45) is 0 Å². The number of likely N-dealkylation sites (N-methyl/N-ethyl adjacent to an activating group) is 1. The van der Waals surface area contributed by atoms with Gasteiger partial charge in [0.05, 0.1) is 6.67 Å². The Morgan fingerprint density at radius 2 is 1.29 bits per heavy atom. The Balaban J connectivity index is 1.93. The van der Waals surface area contributed by atoms with Crippen LogP contribution in [0.15, 0.2) is 84.9 Å². The molecule has 162 valence electrons. The van der Waals surface area contributed by atoms with Crippen LogP contribution in [0.5, 0.6) is 5.75 Å². The third-order valence-corrected chi connectivity index (χ3v) is 5.54. The van der Waals surface area contributed by atoms with E-state index in [2.05, 4.69) is 55.1 Å². The Bertz CT molecular complexity index is 932. The maximum Gasteiger partial charge on any atom is 0.119 e. The first-order chi connectivity index (χ1) is 15.3. The molecular formula is C28H32FNO. The SMILES string of the molecule is CCN(CC)CCOc1ccc(/C(=C(/CCF)c2ccccc2)c2ccccc2)cc1. The Kier molecular flexibility index (Phi) is 8.86. The first-order valence-corrected chi connectivity index (χ1v) is 11.1. The zero-order valence-electron chi connectivity index (χ0n) is 18.6. The van der Waals surface area contributed by atoms with Gasteiger partial charge < -0.3 is 9.64 Å². The molecule has 3 heteroatoms. The third kappa shape index (κ3) is 6.28. The second kappa shape index (κ2) is 12.1. The van der Waals surface area contributed by atoms with Crippen LogP contribution in [0.3, 0.4) is 0 Å². The van der Waals surface area contributed by atoms with Crippen LogP contribution in [-0.2, 0) is 0 Å². The van der Waals surface area contributed by atoms with Crippen molar-refractivity contribution >= 4 is 11.1 Å². The normalized spacial score (nSPS) is 12.0. The maximum atomic E-state index is 13.6. The van der Waals surface area contributed by atoms with Crippen molar-refractivity contribution in [1.29, 1.82) is 0 Å². The minimum atomic E-state index is -0.396. The van der Waals surface area contributed by atoms with E-state index in [-0.39, 0.29) is 0 Å². The van der Waals surface area contributed by atoms with Gasteiger partial charge in [-0.05, 0) is 53.1 Å². The van der Waals surface area contributed by atoms with Crippen LogP contribution >= 0.6 is 0 Å². The molecule has 3 aromatic rings. The first kappa shape index (κ1) is 22.8. The highest BCUT2D eigenvalue weighted by Gasteiger charge is 2.14. The number of rotatable bonds is 11. The fourth-order valence-electron chi connectivity index (χ4n) is 3.82. The van der Waals surface area contributed by atoms with E-state index in [9.17, 15) is 4.39 Å². The summed E-state index contributed by atoms with van der Waals surface area (Å²) >= 11 is 0. The van der Waals surface area contributed by atoms with E-state index in [1.165, 1.54) is 0 Å². The van der Waals surface area contributed by atoms with E-state index in [0.29, 0.717) is 13.0 Å². The summed E-state index contributed by atoms with van der Waals surface area (Å²) in [6.45, 7) is 7.57. The molecule has 0 amide bonds. The molecule has 0 fully saturated rings. The van der Waals surface area contributed by atoms with Crippen LogP contribution in [0, 0.1) is 0 Å². The molecule has 2 nitrogen and oxygen atoms in total. The number of alkyl halides is 1. The molecule has 0 radical (unpaired) electrons. The summed E-state index contributed by atoms with van der Waals surface area (Å²) < 4.78 is 19.5. The zero-order chi connectivity index (χ0) is 21.9. The number of hydrogen-bond acceptors (Lipinski definition) is 2. The molecule has 0 saturated heterocycles. The van der Waals surface area contributed by atoms with Crippen LogP contribution in [0.4, 0.5) is 4.39 Å². The van der Waals surface area contributed by atoms with Gasteiger partial charge in [-0.2, -0.15) is 0 Å². The molecule has 0 unspecified atom stereocenters. The molecule has 3 rings (SSSR count). The summed E-state index contributed by atoms with van der Waals surface area (Å²) in [7, 11) is 0. The van der Waals surface area contributed by atoms with Crippen LogP contribution in [-0.4, -0.2) is 37.8 Å². The van der Waals surface area contributed by atoms with Gasteiger partial charge in [-0.1, -0.05) is 86.6 Å². The fourth-order valence-corrected chi connectivity index (χ4v) is 3.82. The topological polar surface area (TPSA) is 12.5 Å². The Morgan fingerprint density at radius 3 is 1.84 bits per heavy atom. The molecule has 0 spiro atoms. The number of allylic oxidation sites excluding steroid dienone is 1. The van der Waals surface area contributed by atoms with Gasteiger partial charge >= 0.3 is 0 Å². The standard InChI is InChI=1S/C28H32FNO/c1-3-30(4-2)21-22-31-26-17-15-25(16-18-26)28(24-13-9-6-10-14-24)27(19-20-29)23-11-7-5-8-12-23/h5-18H,3-4,19-22H2,1-2H3/b28-27-. The predicted molar refractivity (Wildman–Crippen MR) is 129 cm³/mol. The van der Waals surface area contributed by atoms with E-state index < -0.39 is 6.67 Å². The molecule has 0 N–H and O–H groups in total. The molecule has 31 heavy (non-hydrogen) atoms. The lowest BCUT2D eigenvalue weighted by atomic mass is 9.88. The maximum absolute atomic E-state index is 13.6.